The SMILES string of the molecule is C(=C/n1c2c(c3ccccc31)CNCC2)/c1cccnc1. The average Bonchev–Trinajstić information content (AvgIpc) is 2.88. The van der Waals surface area contributed by atoms with Crippen LogP contribution in [0.2, 0.25) is 0 Å². The van der Waals surface area contributed by atoms with Gasteiger partial charge in [0.1, 0.15) is 0 Å². The van der Waals surface area contributed by atoms with Crippen molar-refractivity contribution >= 4 is 23.2 Å². The molecule has 3 aromatic rings. The molecule has 1 aromatic carbocycles. The van der Waals surface area contributed by atoms with Gasteiger partial charge in [-0.15, -0.1) is 0 Å². The molecule has 3 heterocycles. The third kappa shape index (κ3) is 2.16. The van der Waals surface area contributed by atoms with Gasteiger partial charge in [0.05, 0.1) is 5.52 Å². The predicted octanol–water partition coefficient (Wildman–Crippen LogP) is 3.31. The molecule has 0 saturated carbocycles. The van der Waals surface area contributed by atoms with Gasteiger partial charge < -0.3 is 9.88 Å². The third-order valence-corrected chi connectivity index (χ3v) is 4.07. The first kappa shape index (κ1) is 12.4. The number of rotatable bonds is 2. The number of fused-ring (bicyclic) bond motifs is 3. The number of benzene rings is 1. The normalized spacial score (nSPS) is 14.7. The minimum Gasteiger partial charge on any atom is -0.320 e. The van der Waals surface area contributed by atoms with Crippen LogP contribution in [0.5, 0.6) is 0 Å². The van der Waals surface area contributed by atoms with Crippen molar-refractivity contribution in [3.8, 4) is 0 Å². The summed E-state index contributed by atoms with van der Waals surface area (Å²) in [6.07, 6.45) is 9.05. The van der Waals surface area contributed by atoms with Crippen LogP contribution in [0, 0.1) is 0 Å². The number of hydrogen-bond acceptors (Lipinski definition) is 2. The molecule has 3 heteroatoms. The number of nitrogens with one attached hydrogen (secondary N) is 1. The van der Waals surface area contributed by atoms with Gasteiger partial charge in [-0.05, 0) is 29.3 Å². The first-order chi connectivity index (χ1) is 10.4. The quantitative estimate of drug-likeness (QED) is 0.777. The molecule has 0 fully saturated rings. The van der Waals surface area contributed by atoms with Crippen molar-refractivity contribution in [1.29, 1.82) is 0 Å². The molecule has 1 aliphatic rings. The second-order valence-corrected chi connectivity index (χ2v) is 5.34. The molecule has 0 saturated heterocycles. The molecule has 104 valence electrons. The van der Waals surface area contributed by atoms with Gasteiger partial charge in [0.2, 0.25) is 0 Å². The molecule has 2 aromatic heterocycles. The van der Waals surface area contributed by atoms with E-state index in [1.54, 1.807) is 6.20 Å². The highest BCUT2D eigenvalue weighted by Gasteiger charge is 2.17. The number of hydrogen-bond donors (Lipinski definition) is 1. The maximum atomic E-state index is 4.16. The molecule has 1 N–H and O–H groups in total. The van der Waals surface area contributed by atoms with E-state index in [2.05, 4.69) is 57.5 Å². The predicted molar refractivity (Wildman–Crippen MR) is 86.8 cm³/mol. The fraction of sp³-hybridized carbons (Fsp3) is 0.167. The van der Waals surface area contributed by atoms with Crippen LogP contribution in [-0.2, 0) is 13.0 Å². The van der Waals surface area contributed by atoms with Gasteiger partial charge in [-0.2, -0.15) is 0 Å². The van der Waals surface area contributed by atoms with E-state index in [1.807, 2.05) is 12.3 Å². The Balaban J connectivity index is 1.86. The Bertz CT molecular complexity index is 800. The topological polar surface area (TPSA) is 29.9 Å². The summed E-state index contributed by atoms with van der Waals surface area (Å²) in [5, 5.41) is 4.83. The zero-order valence-corrected chi connectivity index (χ0v) is 11.8. The average molecular weight is 275 g/mol. The number of nitrogens with zero attached hydrogens (tertiary/aromatic N) is 2. The van der Waals surface area contributed by atoms with Crippen LogP contribution in [0.4, 0.5) is 0 Å². The van der Waals surface area contributed by atoms with Crippen LogP contribution in [0.3, 0.4) is 0 Å². The first-order valence-corrected chi connectivity index (χ1v) is 7.33. The monoisotopic (exact) mass is 275 g/mol. The van der Waals surface area contributed by atoms with Crippen molar-refractivity contribution < 1.29 is 0 Å². The fourth-order valence-electron chi connectivity index (χ4n) is 3.08. The summed E-state index contributed by atoms with van der Waals surface area (Å²) in [4.78, 5) is 4.16. The van der Waals surface area contributed by atoms with Gasteiger partial charge in [0, 0.05) is 49.2 Å². The van der Waals surface area contributed by atoms with E-state index in [-0.39, 0.29) is 0 Å². The van der Waals surface area contributed by atoms with Gasteiger partial charge >= 0.3 is 0 Å². The van der Waals surface area contributed by atoms with Crippen molar-refractivity contribution in [2.75, 3.05) is 6.54 Å². The van der Waals surface area contributed by atoms with Crippen molar-refractivity contribution in [1.82, 2.24) is 14.9 Å². The third-order valence-electron chi connectivity index (χ3n) is 4.07. The van der Waals surface area contributed by atoms with Crippen LogP contribution >= 0.6 is 0 Å². The maximum absolute atomic E-state index is 4.16. The summed E-state index contributed by atoms with van der Waals surface area (Å²) in [6, 6.07) is 12.7. The molecule has 0 amide bonds. The summed E-state index contributed by atoms with van der Waals surface area (Å²) in [6.45, 7) is 2.01. The van der Waals surface area contributed by atoms with E-state index in [1.165, 1.54) is 22.2 Å². The smallest absolute Gasteiger partial charge is 0.0528 e. The Morgan fingerprint density at radius 3 is 3.00 bits per heavy atom. The molecule has 4 rings (SSSR count). The van der Waals surface area contributed by atoms with E-state index in [0.717, 1.165) is 25.1 Å². The highest BCUT2D eigenvalue weighted by atomic mass is 15.0. The molecule has 0 aliphatic carbocycles. The molecule has 1 aliphatic heterocycles. The second kappa shape index (κ2) is 5.19. The summed E-state index contributed by atoms with van der Waals surface area (Å²) in [5.41, 5.74) is 5.27. The fourth-order valence-corrected chi connectivity index (χ4v) is 3.08. The van der Waals surface area contributed by atoms with E-state index in [0.29, 0.717) is 0 Å². The highest BCUT2D eigenvalue weighted by molar-refractivity contribution is 5.88. The molecule has 0 radical (unpaired) electrons. The molecular weight excluding hydrogens is 258 g/mol. The Hall–Kier alpha value is -2.39. The van der Waals surface area contributed by atoms with Crippen LogP contribution in [0.25, 0.3) is 23.2 Å². The van der Waals surface area contributed by atoms with Crippen LogP contribution in [-0.4, -0.2) is 16.1 Å². The summed E-state index contributed by atoms with van der Waals surface area (Å²) >= 11 is 0. The van der Waals surface area contributed by atoms with Gasteiger partial charge in [0.25, 0.3) is 0 Å². The Morgan fingerprint density at radius 2 is 2.10 bits per heavy atom. The lowest BCUT2D eigenvalue weighted by Crippen LogP contribution is -2.24. The lowest BCUT2D eigenvalue weighted by atomic mass is 10.1. The number of aromatic nitrogens is 2. The molecule has 21 heavy (non-hydrogen) atoms. The summed E-state index contributed by atoms with van der Waals surface area (Å²) < 4.78 is 2.33. The van der Waals surface area contributed by atoms with Gasteiger partial charge in [-0.3, -0.25) is 4.98 Å². The maximum Gasteiger partial charge on any atom is 0.0528 e. The molecular formula is C18H17N3. The Labute approximate surface area is 123 Å². The molecule has 0 atom stereocenters. The summed E-state index contributed by atoms with van der Waals surface area (Å²) in [7, 11) is 0. The Kier molecular flexibility index (Phi) is 3.05. The van der Waals surface area contributed by atoms with E-state index in [9.17, 15) is 0 Å². The second-order valence-electron chi connectivity index (χ2n) is 5.34. The zero-order chi connectivity index (χ0) is 14.1. The van der Waals surface area contributed by atoms with Crippen LogP contribution < -0.4 is 5.32 Å². The first-order valence-electron chi connectivity index (χ1n) is 7.33. The Morgan fingerprint density at radius 1 is 1.14 bits per heavy atom. The number of pyridine rings is 1. The highest BCUT2D eigenvalue weighted by Crippen LogP contribution is 2.28. The zero-order valence-electron chi connectivity index (χ0n) is 11.8. The van der Waals surface area contributed by atoms with Crippen molar-refractivity contribution in [2.45, 2.75) is 13.0 Å². The van der Waals surface area contributed by atoms with Crippen LogP contribution in [0.15, 0.2) is 48.8 Å². The standard InChI is InChI=1S/C18H17N3/c1-2-6-17-15(5-1)16-13-20-10-7-18(16)21(17)11-8-14-4-3-9-19-12-14/h1-6,8-9,11-12,20H,7,10,13H2/b11-8-. The van der Waals surface area contributed by atoms with Crippen molar-refractivity contribution in [3.63, 3.8) is 0 Å². The van der Waals surface area contributed by atoms with E-state index >= 15 is 0 Å². The van der Waals surface area contributed by atoms with E-state index in [4.69, 9.17) is 0 Å². The van der Waals surface area contributed by atoms with Gasteiger partial charge in [-0.25, -0.2) is 0 Å². The largest absolute Gasteiger partial charge is 0.320 e. The minimum atomic E-state index is 0.962. The number of para-hydroxylation sites is 1. The van der Waals surface area contributed by atoms with Crippen molar-refractivity contribution in [3.05, 3.63) is 65.6 Å². The lowest BCUT2D eigenvalue weighted by molar-refractivity contribution is 0.634. The molecule has 0 unspecified atom stereocenters. The minimum absolute atomic E-state index is 0.962. The lowest BCUT2D eigenvalue weighted by Gasteiger charge is -2.15. The summed E-state index contributed by atoms with van der Waals surface area (Å²) in [5.74, 6) is 0. The van der Waals surface area contributed by atoms with Crippen molar-refractivity contribution in [2.24, 2.45) is 0 Å². The van der Waals surface area contributed by atoms with E-state index < -0.39 is 0 Å². The van der Waals surface area contributed by atoms with Gasteiger partial charge in [-0.1, -0.05) is 24.3 Å². The van der Waals surface area contributed by atoms with Crippen LogP contribution in [0.1, 0.15) is 16.8 Å². The molecule has 3 nitrogen and oxygen atoms in total. The molecule has 0 bridgehead atoms. The molecule has 0 spiro atoms. The van der Waals surface area contributed by atoms with Gasteiger partial charge in [0.15, 0.2) is 0 Å².